The number of aromatic nitrogens is 2. The van der Waals surface area contributed by atoms with Gasteiger partial charge in [0.05, 0.1) is 11.4 Å². The van der Waals surface area contributed by atoms with Crippen molar-refractivity contribution < 1.29 is 18.1 Å². The first-order valence-electron chi connectivity index (χ1n) is 8.36. The molecule has 2 aromatic rings. The number of rotatable bonds is 9. The van der Waals surface area contributed by atoms with E-state index in [4.69, 9.17) is 13.3 Å². The molecule has 26 heavy (non-hydrogen) atoms. The van der Waals surface area contributed by atoms with E-state index < -0.39 is 8.80 Å². The van der Waals surface area contributed by atoms with E-state index in [1.54, 1.807) is 45.9 Å². The largest absolute Gasteiger partial charge is 0.500 e. The van der Waals surface area contributed by atoms with Gasteiger partial charge in [-0.1, -0.05) is 0 Å². The Labute approximate surface area is 155 Å². The zero-order valence-corrected chi connectivity index (χ0v) is 16.6. The van der Waals surface area contributed by atoms with E-state index in [1.807, 2.05) is 19.1 Å². The quantitative estimate of drug-likeness (QED) is 0.535. The van der Waals surface area contributed by atoms with E-state index in [-0.39, 0.29) is 5.91 Å². The second-order valence-corrected chi connectivity index (χ2v) is 8.89. The van der Waals surface area contributed by atoms with Gasteiger partial charge < -0.3 is 18.6 Å². The standard InChI is InChI=1S/C18H25N3O4Si/c1-14-6-9-19-16(12-14)17-13-15(7-10-20-17)18(22)21-8-5-11-26(23-2,24-3)25-4/h6-7,9-10,12-13H,5,8,11H2,1-4H3,(H,21,22). The predicted octanol–water partition coefficient (Wildman–Crippen LogP) is 2.45. The van der Waals surface area contributed by atoms with Gasteiger partial charge in [-0.25, -0.2) is 0 Å². The second kappa shape index (κ2) is 9.53. The minimum Gasteiger partial charge on any atom is -0.377 e. The van der Waals surface area contributed by atoms with Crippen molar-refractivity contribution in [3.05, 3.63) is 47.8 Å². The summed E-state index contributed by atoms with van der Waals surface area (Å²) >= 11 is 0. The second-order valence-electron chi connectivity index (χ2n) is 5.80. The molecule has 0 aliphatic carbocycles. The first-order valence-corrected chi connectivity index (χ1v) is 10.3. The fourth-order valence-electron chi connectivity index (χ4n) is 2.55. The molecular weight excluding hydrogens is 350 g/mol. The van der Waals surface area contributed by atoms with Crippen LogP contribution in [-0.4, -0.2) is 52.6 Å². The van der Waals surface area contributed by atoms with Crippen LogP contribution in [0.1, 0.15) is 22.3 Å². The molecule has 0 bridgehead atoms. The summed E-state index contributed by atoms with van der Waals surface area (Å²) < 4.78 is 16.1. The minimum absolute atomic E-state index is 0.152. The van der Waals surface area contributed by atoms with Gasteiger partial charge in [0.25, 0.3) is 5.91 Å². The Kier molecular flexibility index (Phi) is 7.40. The molecule has 140 valence electrons. The van der Waals surface area contributed by atoms with E-state index in [0.717, 1.165) is 11.3 Å². The van der Waals surface area contributed by atoms with Gasteiger partial charge in [0.15, 0.2) is 0 Å². The first-order chi connectivity index (χ1) is 12.5. The molecule has 0 radical (unpaired) electrons. The predicted molar refractivity (Wildman–Crippen MR) is 101 cm³/mol. The fraction of sp³-hybridized carbons (Fsp3) is 0.389. The minimum atomic E-state index is -2.60. The Balaban J connectivity index is 1.95. The van der Waals surface area contributed by atoms with Crippen LogP contribution in [-0.2, 0) is 13.3 Å². The van der Waals surface area contributed by atoms with Crippen molar-refractivity contribution in [2.45, 2.75) is 19.4 Å². The maximum absolute atomic E-state index is 12.4. The molecule has 2 heterocycles. The highest BCUT2D eigenvalue weighted by Gasteiger charge is 2.36. The zero-order chi connectivity index (χ0) is 19.0. The zero-order valence-electron chi connectivity index (χ0n) is 15.6. The Morgan fingerprint density at radius 1 is 1.04 bits per heavy atom. The third kappa shape index (κ3) is 5.18. The molecule has 0 atom stereocenters. The van der Waals surface area contributed by atoms with Crippen molar-refractivity contribution in [1.29, 1.82) is 0 Å². The van der Waals surface area contributed by atoms with Gasteiger partial charge in [0, 0.05) is 51.9 Å². The highest BCUT2D eigenvalue weighted by Crippen LogP contribution is 2.17. The number of nitrogens with zero attached hydrogens (tertiary/aromatic N) is 2. The van der Waals surface area contributed by atoms with Gasteiger partial charge in [-0.05, 0) is 43.2 Å². The summed E-state index contributed by atoms with van der Waals surface area (Å²) in [5.41, 5.74) is 3.06. The average molecular weight is 376 g/mol. The molecule has 0 fully saturated rings. The van der Waals surface area contributed by atoms with Crippen molar-refractivity contribution in [2.75, 3.05) is 27.9 Å². The highest BCUT2D eigenvalue weighted by atomic mass is 28.4. The van der Waals surface area contributed by atoms with Crippen LogP contribution in [0.2, 0.25) is 6.04 Å². The molecule has 1 N–H and O–H groups in total. The molecule has 7 nitrogen and oxygen atoms in total. The van der Waals surface area contributed by atoms with Crippen LogP contribution < -0.4 is 5.32 Å². The lowest BCUT2D eigenvalue weighted by molar-refractivity contribution is 0.0949. The van der Waals surface area contributed by atoms with Crippen molar-refractivity contribution in [3.8, 4) is 11.4 Å². The lowest BCUT2D eigenvalue weighted by Gasteiger charge is -2.24. The molecule has 2 rings (SSSR count). The van der Waals surface area contributed by atoms with E-state index in [0.29, 0.717) is 30.3 Å². The van der Waals surface area contributed by atoms with Crippen LogP contribution in [0, 0.1) is 6.92 Å². The summed E-state index contributed by atoms with van der Waals surface area (Å²) in [4.78, 5) is 21.0. The number of nitrogens with one attached hydrogen (secondary N) is 1. The molecule has 0 aliphatic rings. The van der Waals surface area contributed by atoms with Gasteiger partial charge in [-0.15, -0.1) is 0 Å². The van der Waals surface area contributed by atoms with Crippen LogP contribution >= 0.6 is 0 Å². The monoisotopic (exact) mass is 375 g/mol. The normalized spacial score (nSPS) is 11.4. The molecular formula is C18H25N3O4Si. The molecule has 1 amide bonds. The summed E-state index contributed by atoms with van der Waals surface area (Å²) in [7, 11) is 2.14. The number of aryl methyl sites for hydroxylation is 1. The highest BCUT2D eigenvalue weighted by molar-refractivity contribution is 6.60. The lowest BCUT2D eigenvalue weighted by Crippen LogP contribution is -2.43. The number of pyridine rings is 2. The Morgan fingerprint density at radius 3 is 2.27 bits per heavy atom. The number of amides is 1. The van der Waals surface area contributed by atoms with Gasteiger partial charge in [-0.2, -0.15) is 0 Å². The summed E-state index contributed by atoms with van der Waals surface area (Å²) in [6.07, 6.45) is 4.05. The van der Waals surface area contributed by atoms with Gasteiger partial charge >= 0.3 is 8.80 Å². The molecule has 0 saturated carbocycles. The van der Waals surface area contributed by atoms with Crippen molar-refractivity contribution in [1.82, 2.24) is 15.3 Å². The average Bonchev–Trinajstić information content (AvgIpc) is 2.68. The van der Waals surface area contributed by atoms with E-state index in [2.05, 4.69) is 15.3 Å². The Bertz CT molecular complexity index is 730. The van der Waals surface area contributed by atoms with E-state index in [9.17, 15) is 4.79 Å². The maximum atomic E-state index is 12.4. The third-order valence-corrected chi connectivity index (χ3v) is 6.91. The van der Waals surface area contributed by atoms with Crippen molar-refractivity contribution in [3.63, 3.8) is 0 Å². The number of carbonyl (C=O) groups is 1. The van der Waals surface area contributed by atoms with Gasteiger partial charge in [0.2, 0.25) is 0 Å². The number of hydrogen-bond donors (Lipinski definition) is 1. The van der Waals surface area contributed by atoms with Crippen LogP contribution in [0.15, 0.2) is 36.7 Å². The topological polar surface area (TPSA) is 82.6 Å². The van der Waals surface area contributed by atoms with Crippen molar-refractivity contribution >= 4 is 14.7 Å². The maximum Gasteiger partial charge on any atom is 0.500 e. The molecule has 0 spiro atoms. The number of hydrogen-bond acceptors (Lipinski definition) is 6. The van der Waals surface area contributed by atoms with E-state index in [1.165, 1.54) is 0 Å². The smallest absolute Gasteiger partial charge is 0.377 e. The summed E-state index contributed by atoms with van der Waals surface area (Å²) in [6, 6.07) is 7.92. The molecule has 2 aromatic heterocycles. The Morgan fingerprint density at radius 2 is 1.65 bits per heavy atom. The third-order valence-electron chi connectivity index (χ3n) is 4.08. The summed E-state index contributed by atoms with van der Waals surface area (Å²) in [6.45, 7) is 2.50. The molecule has 0 aliphatic heterocycles. The fourth-order valence-corrected chi connectivity index (χ4v) is 4.28. The van der Waals surface area contributed by atoms with Crippen LogP contribution in [0.25, 0.3) is 11.4 Å². The summed E-state index contributed by atoms with van der Waals surface area (Å²) in [5, 5.41) is 2.90. The van der Waals surface area contributed by atoms with Crippen molar-refractivity contribution in [2.24, 2.45) is 0 Å². The van der Waals surface area contributed by atoms with E-state index >= 15 is 0 Å². The molecule has 8 heteroatoms. The molecule has 0 saturated heterocycles. The SMILES string of the molecule is CO[Si](CCCNC(=O)c1ccnc(-c2cc(C)ccn2)c1)(OC)OC. The lowest BCUT2D eigenvalue weighted by atomic mass is 10.1. The van der Waals surface area contributed by atoms with Crippen LogP contribution in [0.4, 0.5) is 0 Å². The summed E-state index contributed by atoms with van der Waals surface area (Å²) in [5.74, 6) is -0.152. The Hall–Kier alpha value is -2.13. The molecule has 0 aromatic carbocycles. The van der Waals surface area contributed by atoms with Crippen LogP contribution in [0.5, 0.6) is 0 Å². The van der Waals surface area contributed by atoms with Gasteiger partial charge in [-0.3, -0.25) is 14.8 Å². The first kappa shape index (κ1) is 20.2. The van der Waals surface area contributed by atoms with Gasteiger partial charge in [0.1, 0.15) is 0 Å². The number of carbonyl (C=O) groups excluding carboxylic acids is 1. The molecule has 0 unspecified atom stereocenters. The van der Waals surface area contributed by atoms with Crippen LogP contribution in [0.3, 0.4) is 0 Å².